The summed E-state index contributed by atoms with van der Waals surface area (Å²) in [6.45, 7) is 4.72. The topological polar surface area (TPSA) is 3.24 Å². The zero-order valence-corrected chi connectivity index (χ0v) is 30.5. The molecule has 256 valence electrons. The van der Waals surface area contributed by atoms with Crippen LogP contribution in [0.4, 0.5) is 17.1 Å². The first-order chi connectivity index (χ1) is 26.6. The predicted octanol–water partition coefficient (Wildman–Crippen LogP) is 14.8. The minimum atomic E-state index is -0.121. The molecule has 0 N–H and O–H groups in total. The van der Waals surface area contributed by atoms with Gasteiger partial charge in [0.05, 0.1) is 5.69 Å². The van der Waals surface area contributed by atoms with Crippen LogP contribution >= 0.6 is 0 Å². The fourth-order valence-electron chi connectivity index (χ4n) is 8.82. The van der Waals surface area contributed by atoms with E-state index in [0.717, 1.165) is 17.1 Å². The van der Waals surface area contributed by atoms with E-state index in [1.54, 1.807) is 0 Å². The molecule has 0 unspecified atom stereocenters. The Balaban J connectivity index is 1.26. The lowest BCUT2D eigenvalue weighted by Crippen LogP contribution is -2.17. The fraction of sp³-hybridized carbons (Fsp3) is 0.0566. The van der Waals surface area contributed by atoms with Crippen LogP contribution in [0.3, 0.4) is 0 Å². The number of nitrogens with zero attached hydrogens (tertiary/aromatic N) is 1. The second-order valence-electron chi connectivity index (χ2n) is 14.9. The van der Waals surface area contributed by atoms with Crippen LogP contribution in [0.5, 0.6) is 0 Å². The first-order valence-electron chi connectivity index (χ1n) is 18.9. The third-order valence-corrected chi connectivity index (χ3v) is 11.5. The molecule has 1 aliphatic rings. The standard InChI is InChI=1S/C53H39N/c1-53(2)49-26-14-13-24-46(49)47-33-32-41(35-50(47)53)54(40-19-7-4-8-20-40)51-27-15-25-43(38-30-28-37(29-31-38)36-16-5-3-6-17-36)52(51)48-34-39-18-9-10-21-42(39)44-22-11-12-23-45(44)48/h3-35H,1-2H3. The molecule has 0 radical (unpaired) electrons. The highest BCUT2D eigenvalue weighted by molar-refractivity contribution is 6.16. The van der Waals surface area contributed by atoms with E-state index in [2.05, 4.69) is 219 Å². The van der Waals surface area contributed by atoms with Crippen LogP contribution in [-0.4, -0.2) is 0 Å². The molecule has 0 aliphatic heterocycles. The molecule has 9 aromatic carbocycles. The van der Waals surface area contributed by atoms with Crippen molar-refractivity contribution in [3.05, 3.63) is 211 Å². The van der Waals surface area contributed by atoms with E-state index in [9.17, 15) is 0 Å². The van der Waals surface area contributed by atoms with Crippen molar-refractivity contribution in [3.63, 3.8) is 0 Å². The maximum atomic E-state index is 2.47. The highest BCUT2D eigenvalue weighted by Crippen LogP contribution is 2.52. The summed E-state index contributed by atoms with van der Waals surface area (Å²) in [7, 11) is 0. The van der Waals surface area contributed by atoms with Crippen molar-refractivity contribution < 1.29 is 0 Å². The fourth-order valence-corrected chi connectivity index (χ4v) is 8.82. The largest absolute Gasteiger partial charge is 0.310 e. The minimum Gasteiger partial charge on any atom is -0.310 e. The number of para-hydroxylation sites is 1. The van der Waals surface area contributed by atoms with Crippen molar-refractivity contribution in [2.75, 3.05) is 4.90 Å². The van der Waals surface area contributed by atoms with Gasteiger partial charge in [0.15, 0.2) is 0 Å². The average molecular weight is 690 g/mol. The van der Waals surface area contributed by atoms with Gasteiger partial charge in [-0.05, 0) is 108 Å². The van der Waals surface area contributed by atoms with Gasteiger partial charge in [-0.15, -0.1) is 0 Å². The summed E-state index contributed by atoms with van der Waals surface area (Å²) < 4.78 is 0. The Labute approximate surface area is 317 Å². The van der Waals surface area contributed by atoms with Crippen LogP contribution in [0.15, 0.2) is 200 Å². The number of hydrogen-bond donors (Lipinski definition) is 0. The Morgan fingerprint density at radius 2 is 0.944 bits per heavy atom. The summed E-state index contributed by atoms with van der Waals surface area (Å²) in [5, 5.41) is 5.00. The summed E-state index contributed by atoms with van der Waals surface area (Å²) in [5.74, 6) is 0. The van der Waals surface area contributed by atoms with Gasteiger partial charge in [0, 0.05) is 22.4 Å². The van der Waals surface area contributed by atoms with Crippen LogP contribution in [0.2, 0.25) is 0 Å². The molecule has 9 aromatic rings. The summed E-state index contributed by atoms with van der Waals surface area (Å²) >= 11 is 0. The first-order valence-corrected chi connectivity index (χ1v) is 18.9. The van der Waals surface area contributed by atoms with Crippen molar-refractivity contribution in [2.45, 2.75) is 19.3 Å². The average Bonchev–Trinajstić information content (AvgIpc) is 3.47. The van der Waals surface area contributed by atoms with Gasteiger partial charge < -0.3 is 4.90 Å². The van der Waals surface area contributed by atoms with E-state index in [4.69, 9.17) is 0 Å². The summed E-state index contributed by atoms with van der Waals surface area (Å²) in [6.07, 6.45) is 0. The van der Waals surface area contributed by atoms with E-state index in [0.29, 0.717) is 0 Å². The molecule has 0 atom stereocenters. The number of fused-ring (bicyclic) bond motifs is 6. The molecule has 0 bridgehead atoms. The second kappa shape index (κ2) is 12.8. The zero-order chi connectivity index (χ0) is 36.2. The van der Waals surface area contributed by atoms with Crippen molar-refractivity contribution in [2.24, 2.45) is 0 Å². The number of anilines is 3. The maximum Gasteiger partial charge on any atom is 0.0546 e. The number of hydrogen-bond acceptors (Lipinski definition) is 1. The van der Waals surface area contributed by atoms with Gasteiger partial charge in [-0.1, -0.05) is 178 Å². The van der Waals surface area contributed by atoms with E-state index in [-0.39, 0.29) is 5.41 Å². The van der Waals surface area contributed by atoms with Crippen molar-refractivity contribution >= 4 is 38.6 Å². The van der Waals surface area contributed by atoms with Crippen molar-refractivity contribution in [1.29, 1.82) is 0 Å². The van der Waals surface area contributed by atoms with Gasteiger partial charge in [-0.25, -0.2) is 0 Å². The minimum absolute atomic E-state index is 0.121. The van der Waals surface area contributed by atoms with Crippen LogP contribution in [0, 0.1) is 0 Å². The Morgan fingerprint density at radius 3 is 1.74 bits per heavy atom. The molecule has 1 heteroatoms. The SMILES string of the molecule is CC1(C)c2ccccc2-c2ccc(N(c3ccccc3)c3cccc(-c4ccc(-c5ccccc5)cc4)c3-c3cc4ccccc4c4ccccc34)cc21. The number of benzene rings is 9. The second-order valence-corrected chi connectivity index (χ2v) is 14.9. The Kier molecular flexibility index (Phi) is 7.56. The van der Waals surface area contributed by atoms with Crippen molar-refractivity contribution in [3.8, 4) is 44.5 Å². The molecule has 1 nitrogen and oxygen atoms in total. The van der Waals surface area contributed by atoms with Crippen LogP contribution < -0.4 is 4.90 Å². The lowest BCUT2D eigenvalue weighted by molar-refractivity contribution is 0.660. The maximum absolute atomic E-state index is 2.47. The third kappa shape index (κ3) is 5.16. The molecule has 0 saturated heterocycles. The van der Waals surface area contributed by atoms with Gasteiger partial charge >= 0.3 is 0 Å². The monoisotopic (exact) mass is 689 g/mol. The highest BCUT2D eigenvalue weighted by Gasteiger charge is 2.36. The molecular formula is C53H39N. The van der Waals surface area contributed by atoms with Gasteiger partial charge in [-0.3, -0.25) is 0 Å². The van der Waals surface area contributed by atoms with Crippen LogP contribution in [-0.2, 0) is 5.41 Å². The summed E-state index contributed by atoms with van der Waals surface area (Å²) in [4.78, 5) is 2.47. The Hall–Kier alpha value is -6.70. The molecule has 0 fully saturated rings. The predicted molar refractivity (Wildman–Crippen MR) is 230 cm³/mol. The molecule has 54 heavy (non-hydrogen) atoms. The highest BCUT2D eigenvalue weighted by atomic mass is 15.1. The quantitative estimate of drug-likeness (QED) is 0.157. The normalized spacial score (nSPS) is 12.8. The molecule has 0 aromatic heterocycles. The lowest BCUT2D eigenvalue weighted by atomic mass is 9.82. The Morgan fingerprint density at radius 1 is 0.352 bits per heavy atom. The molecule has 0 amide bonds. The van der Waals surface area contributed by atoms with E-state index >= 15 is 0 Å². The van der Waals surface area contributed by atoms with E-state index in [1.807, 2.05) is 0 Å². The smallest absolute Gasteiger partial charge is 0.0546 e. The molecule has 0 spiro atoms. The van der Waals surface area contributed by atoms with E-state index in [1.165, 1.54) is 77.2 Å². The first kappa shape index (κ1) is 32.0. The summed E-state index contributed by atoms with van der Waals surface area (Å²) in [5.41, 5.74) is 15.9. The zero-order valence-electron chi connectivity index (χ0n) is 30.5. The molecule has 10 rings (SSSR count). The van der Waals surface area contributed by atoms with Gasteiger partial charge in [0.25, 0.3) is 0 Å². The van der Waals surface area contributed by atoms with Crippen LogP contribution in [0.25, 0.3) is 66.1 Å². The van der Waals surface area contributed by atoms with E-state index < -0.39 is 0 Å². The van der Waals surface area contributed by atoms with Crippen LogP contribution in [0.1, 0.15) is 25.0 Å². The molecule has 0 heterocycles. The van der Waals surface area contributed by atoms with Gasteiger partial charge in [-0.2, -0.15) is 0 Å². The summed E-state index contributed by atoms with van der Waals surface area (Å²) in [6, 6.07) is 73.5. The Bertz CT molecular complexity index is 2830. The lowest BCUT2D eigenvalue weighted by Gasteiger charge is -2.31. The molecule has 1 aliphatic carbocycles. The van der Waals surface area contributed by atoms with Gasteiger partial charge in [0.2, 0.25) is 0 Å². The molecule has 0 saturated carbocycles. The number of rotatable bonds is 6. The van der Waals surface area contributed by atoms with Crippen molar-refractivity contribution in [1.82, 2.24) is 0 Å². The molecular weight excluding hydrogens is 651 g/mol. The van der Waals surface area contributed by atoms with Gasteiger partial charge in [0.1, 0.15) is 0 Å². The third-order valence-electron chi connectivity index (χ3n) is 11.5.